The fraction of sp³-hybridized carbons (Fsp3) is 0.444. The van der Waals surface area contributed by atoms with Crippen LogP contribution in [0.3, 0.4) is 0 Å². The molecule has 0 spiro atoms. The Hall–Kier alpha value is -3.74. The lowest BCUT2D eigenvalue weighted by molar-refractivity contribution is 0.0953. The summed E-state index contributed by atoms with van der Waals surface area (Å²) in [6, 6.07) is 7.17. The zero-order chi connectivity index (χ0) is 28.5. The third-order valence-electron chi connectivity index (χ3n) is 6.05. The third kappa shape index (κ3) is 7.06. The summed E-state index contributed by atoms with van der Waals surface area (Å²) in [4.78, 5) is 21.4. The van der Waals surface area contributed by atoms with E-state index >= 15 is 0 Å². The summed E-state index contributed by atoms with van der Waals surface area (Å²) in [5.41, 5.74) is 3.23. The van der Waals surface area contributed by atoms with E-state index in [4.69, 9.17) is 35.5 Å². The largest absolute Gasteiger partial charge is 0.487 e. The number of aromatic nitrogens is 5. The third-order valence-corrected chi connectivity index (χ3v) is 6.34. The average Bonchev–Trinajstić information content (AvgIpc) is 3.32. The van der Waals surface area contributed by atoms with Crippen molar-refractivity contribution >= 4 is 40.0 Å². The summed E-state index contributed by atoms with van der Waals surface area (Å²) in [6.45, 7) is 6.45. The number of aryl methyl sites for hydroxylation is 2. The lowest BCUT2D eigenvalue weighted by Gasteiger charge is -2.15. The van der Waals surface area contributed by atoms with Crippen LogP contribution in [0.25, 0.3) is 16.7 Å². The molecule has 2 N–H and O–H groups in total. The van der Waals surface area contributed by atoms with Gasteiger partial charge in [0.15, 0.2) is 17.3 Å². The Morgan fingerprint density at radius 1 is 0.925 bits per heavy atom. The SMILES string of the molecule is COCCOc1cc2nc(NCCCCNC(=O)c3ccc(C)nc3Cl)c3nnc(C)n3c2cc1OCCOC. The minimum Gasteiger partial charge on any atom is -0.487 e. The fourth-order valence-electron chi connectivity index (χ4n) is 4.04. The van der Waals surface area contributed by atoms with Crippen molar-refractivity contribution < 1.29 is 23.7 Å². The van der Waals surface area contributed by atoms with Gasteiger partial charge in [-0.2, -0.15) is 0 Å². The van der Waals surface area contributed by atoms with Crippen molar-refractivity contribution in [1.29, 1.82) is 0 Å². The van der Waals surface area contributed by atoms with Crippen LogP contribution in [0.5, 0.6) is 11.5 Å². The van der Waals surface area contributed by atoms with E-state index in [9.17, 15) is 4.79 Å². The average molecular weight is 572 g/mol. The molecule has 0 saturated heterocycles. The van der Waals surface area contributed by atoms with Gasteiger partial charge in [-0.05, 0) is 38.8 Å². The highest BCUT2D eigenvalue weighted by atomic mass is 35.5. The number of ether oxygens (including phenoxy) is 4. The number of rotatable bonds is 15. The second-order valence-electron chi connectivity index (χ2n) is 9.02. The summed E-state index contributed by atoms with van der Waals surface area (Å²) >= 11 is 6.10. The van der Waals surface area contributed by atoms with Crippen molar-refractivity contribution in [3.63, 3.8) is 0 Å². The summed E-state index contributed by atoms with van der Waals surface area (Å²) in [5, 5.41) is 15.1. The first-order valence-electron chi connectivity index (χ1n) is 13.0. The predicted molar refractivity (Wildman–Crippen MR) is 152 cm³/mol. The number of halogens is 1. The molecule has 3 aromatic heterocycles. The van der Waals surface area contributed by atoms with Crippen LogP contribution in [0.4, 0.5) is 5.82 Å². The second kappa shape index (κ2) is 14.1. The first kappa shape index (κ1) is 29.2. The van der Waals surface area contributed by atoms with Gasteiger partial charge in [-0.3, -0.25) is 9.20 Å². The van der Waals surface area contributed by atoms with Crippen molar-refractivity contribution in [2.24, 2.45) is 0 Å². The zero-order valence-corrected chi connectivity index (χ0v) is 23.9. The van der Waals surface area contributed by atoms with Crippen LogP contribution >= 0.6 is 11.6 Å². The number of carbonyl (C=O) groups is 1. The number of unbranched alkanes of at least 4 members (excludes halogenated alkanes) is 1. The van der Waals surface area contributed by atoms with Crippen LogP contribution in [0.2, 0.25) is 5.15 Å². The van der Waals surface area contributed by atoms with Gasteiger partial charge in [0.25, 0.3) is 5.91 Å². The van der Waals surface area contributed by atoms with Gasteiger partial charge >= 0.3 is 0 Å². The molecule has 4 aromatic rings. The lowest BCUT2D eigenvalue weighted by Crippen LogP contribution is -2.25. The number of pyridine rings is 1. The van der Waals surface area contributed by atoms with Gasteiger partial charge in [-0.25, -0.2) is 9.97 Å². The Morgan fingerprint density at radius 3 is 2.33 bits per heavy atom. The number of methoxy groups -OCH3 is 2. The fourth-order valence-corrected chi connectivity index (χ4v) is 4.33. The molecule has 1 aromatic carbocycles. The van der Waals surface area contributed by atoms with Crippen molar-refractivity contribution in [3.8, 4) is 11.5 Å². The van der Waals surface area contributed by atoms with Crippen LogP contribution in [-0.2, 0) is 9.47 Å². The highest BCUT2D eigenvalue weighted by Crippen LogP contribution is 2.34. The minimum absolute atomic E-state index is 0.204. The maximum atomic E-state index is 12.4. The number of benzene rings is 1. The molecule has 40 heavy (non-hydrogen) atoms. The molecule has 0 aliphatic heterocycles. The molecule has 1 amide bonds. The van der Waals surface area contributed by atoms with E-state index in [-0.39, 0.29) is 11.1 Å². The van der Waals surface area contributed by atoms with E-state index in [1.807, 2.05) is 30.4 Å². The summed E-state index contributed by atoms with van der Waals surface area (Å²) in [5.74, 6) is 2.21. The molecule has 4 rings (SSSR count). The van der Waals surface area contributed by atoms with Crippen LogP contribution < -0.4 is 20.1 Å². The molecule has 0 bridgehead atoms. The van der Waals surface area contributed by atoms with E-state index < -0.39 is 0 Å². The monoisotopic (exact) mass is 571 g/mol. The smallest absolute Gasteiger partial charge is 0.254 e. The minimum atomic E-state index is -0.239. The topological polar surface area (TPSA) is 134 Å². The molecule has 0 unspecified atom stereocenters. The highest BCUT2D eigenvalue weighted by Gasteiger charge is 2.17. The van der Waals surface area contributed by atoms with E-state index in [1.54, 1.807) is 26.4 Å². The Bertz CT molecular complexity index is 1460. The Balaban J connectivity index is 1.45. The first-order chi connectivity index (χ1) is 19.4. The number of amides is 1. The molecule has 0 saturated carbocycles. The lowest BCUT2D eigenvalue weighted by atomic mass is 10.2. The standard InChI is InChI=1S/C27H34ClN7O5/c1-17-7-8-19(24(28)31-17)27(36)30-10-6-5-9-29-25-26-34-33-18(2)35(26)21-16-23(40-14-12-38-4)22(15-20(21)32-25)39-13-11-37-3/h7-8,15-16H,5-6,9-14H2,1-4H3,(H,29,32)(H,30,36). The molecular formula is C27H34ClN7O5. The Kier molecular flexibility index (Phi) is 10.3. The molecule has 0 aliphatic carbocycles. The molecular weight excluding hydrogens is 538 g/mol. The van der Waals surface area contributed by atoms with Gasteiger partial charge < -0.3 is 29.6 Å². The van der Waals surface area contributed by atoms with Crippen LogP contribution in [0.1, 0.15) is 34.7 Å². The van der Waals surface area contributed by atoms with Gasteiger partial charge in [0.1, 0.15) is 24.2 Å². The molecule has 0 aliphatic rings. The van der Waals surface area contributed by atoms with Crippen molar-refractivity contribution in [2.75, 3.05) is 59.1 Å². The van der Waals surface area contributed by atoms with Crippen molar-refractivity contribution in [3.05, 3.63) is 46.5 Å². The first-order valence-corrected chi connectivity index (χ1v) is 13.4. The molecule has 3 heterocycles. The highest BCUT2D eigenvalue weighted by molar-refractivity contribution is 6.32. The van der Waals surface area contributed by atoms with Crippen LogP contribution in [0.15, 0.2) is 24.3 Å². The van der Waals surface area contributed by atoms with Crippen molar-refractivity contribution in [2.45, 2.75) is 26.7 Å². The summed E-state index contributed by atoms with van der Waals surface area (Å²) < 4.78 is 24.1. The number of nitrogens with one attached hydrogen (secondary N) is 2. The van der Waals surface area contributed by atoms with Gasteiger partial charge in [0.2, 0.25) is 5.65 Å². The Labute approximate surface area is 237 Å². The van der Waals surface area contributed by atoms with E-state index in [2.05, 4.69) is 25.8 Å². The second-order valence-corrected chi connectivity index (χ2v) is 9.38. The zero-order valence-electron chi connectivity index (χ0n) is 23.1. The molecule has 214 valence electrons. The normalized spacial score (nSPS) is 11.2. The quantitative estimate of drug-likeness (QED) is 0.161. The van der Waals surface area contributed by atoms with Crippen molar-refractivity contribution in [1.82, 2.24) is 29.9 Å². The number of fused-ring (bicyclic) bond motifs is 3. The van der Waals surface area contributed by atoms with Crippen LogP contribution in [-0.4, -0.2) is 84.2 Å². The molecule has 0 fully saturated rings. The van der Waals surface area contributed by atoms with Gasteiger partial charge in [0.05, 0.1) is 29.8 Å². The van der Waals surface area contributed by atoms with E-state index in [0.29, 0.717) is 79.4 Å². The number of anilines is 1. The maximum Gasteiger partial charge on any atom is 0.254 e. The van der Waals surface area contributed by atoms with Crippen LogP contribution in [0, 0.1) is 13.8 Å². The summed E-state index contributed by atoms with van der Waals surface area (Å²) in [7, 11) is 3.24. The maximum absolute atomic E-state index is 12.4. The van der Waals surface area contributed by atoms with Gasteiger partial charge in [-0.1, -0.05) is 11.6 Å². The number of hydrogen-bond acceptors (Lipinski definition) is 10. The Morgan fingerprint density at radius 2 is 1.62 bits per heavy atom. The number of nitrogens with zero attached hydrogens (tertiary/aromatic N) is 5. The molecule has 0 atom stereocenters. The molecule has 12 nitrogen and oxygen atoms in total. The molecule has 0 radical (unpaired) electrons. The summed E-state index contributed by atoms with van der Waals surface area (Å²) in [6.07, 6.45) is 1.54. The predicted octanol–water partition coefficient (Wildman–Crippen LogP) is 3.62. The van der Waals surface area contributed by atoms with Gasteiger partial charge in [-0.15, -0.1) is 10.2 Å². The number of carbonyl (C=O) groups excluding carboxylic acids is 1. The van der Waals surface area contributed by atoms with Gasteiger partial charge in [0, 0.05) is 45.1 Å². The molecule has 13 heteroatoms. The van der Waals surface area contributed by atoms with E-state index in [1.165, 1.54) is 0 Å². The number of hydrogen-bond donors (Lipinski definition) is 2. The van der Waals surface area contributed by atoms with E-state index in [0.717, 1.165) is 24.1 Å².